The number of phenols is 3. The monoisotopic (exact) mass is 1210 g/mol. The number of hydrogen-bond acceptors (Lipinski definition) is 26. The molecular weight excluding hydrogens is 1170 g/mol. The van der Waals surface area contributed by atoms with Crippen LogP contribution < -0.4 is 33.4 Å². The van der Waals surface area contributed by atoms with Gasteiger partial charge in [0.1, 0.15) is 37.6 Å². The van der Waals surface area contributed by atoms with Gasteiger partial charge in [0.2, 0.25) is 0 Å². The van der Waals surface area contributed by atoms with Crippen molar-refractivity contribution in [2.45, 2.75) is 24.5 Å². The third-order valence-corrected chi connectivity index (χ3v) is 15.3. The lowest BCUT2D eigenvalue weighted by atomic mass is 10.1. The molecule has 7 aromatic rings. The second-order valence-corrected chi connectivity index (χ2v) is 23.5. The molecule has 0 saturated heterocycles. The molecule has 37 heteroatoms. The summed E-state index contributed by atoms with van der Waals surface area (Å²) in [5.41, 5.74) is 26.7. The molecule has 0 saturated carbocycles. The SMILES string of the molecule is Nc1c(S(=O)(=O)O)cc2cc(S(=O)(=O)O)c(N=Nc3ccc(SCCOS(=O)(=O)O)cc3S(=O)(=O)O)c(N)c2c1O.Nc1ccc(NS(=O)(=O)c2ccc(N)cc2)cc1.Nc1ccc(O)c(N=Nc2ccc([N+](=O)[O-])cc2)c1O. The van der Waals surface area contributed by atoms with Crippen LogP contribution in [0.5, 0.6) is 17.2 Å². The Labute approximate surface area is 451 Å². The van der Waals surface area contributed by atoms with E-state index in [1.165, 1.54) is 66.7 Å². The van der Waals surface area contributed by atoms with Gasteiger partial charge >= 0.3 is 10.4 Å². The van der Waals surface area contributed by atoms with Gasteiger partial charge < -0.3 is 44.0 Å². The summed E-state index contributed by atoms with van der Waals surface area (Å²) in [6.45, 7) is -0.491. The van der Waals surface area contributed by atoms with Crippen molar-refractivity contribution in [2.24, 2.45) is 20.5 Å². The topological polar surface area (TPSA) is 556 Å². The summed E-state index contributed by atoms with van der Waals surface area (Å²) in [5, 5.41) is 53.9. The zero-order chi connectivity index (χ0) is 59.0. The van der Waals surface area contributed by atoms with Gasteiger partial charge in [-0.15, -0.1) is 27.1 Å². The molecule has 0 unspecified atom stereocenters. The van der Waals surface area contributed by atoms with Crippen LogP contribution in [0.3, 0.4) is 0 Å². The van der Waals surface area contributed by atoms with Crippen molar-refractivity contribution in [3.05, 3.63) is 125 Å². The van der Waals surface area contributed by atoms with Gasteiger partial charge in [0.15, 0.2) is 11.4 Å². The van der Waals surface area contributed by atoms with Crippen molar-refractivity contribution in [1.29, 1.82) is 0 Å². The molecule has 7 aromatic carbocycles. The molecule has 0 aliphatic heterocycles. The van der Waals surface area contributed by atoms with Crippen molar-refractivity contribution >= 4 is 136 Å². The Bertz CT molecular complexity index is 4120. The fourth-order valence-electron chi connectivity index (χ4n) is 6.17. The highest BCUT2D eigenvalue weighted by Gasteiger charge is 2.27. The maximum atomic E-state index is 12.1. The Balaban J connectivity index is 0.000000249. The maximum Gasteiger partial charge on any atom is 0.397 e. The number of non-ortho nitro benzene ring substituents is 1. The van der Waals surface area contributed by atoms with Crippen molar-refractivity contribution in [2.75, 3.05) is 45.8 Å². The minimum absolute atomic E-state index is 0.0560. The number of fused-ring (bicyclic) bond motifs is 1. The first kappa shape index (κ1) is 61.4. The number of nitrogen functional groups attached to an aromatic ring is 5. The lowest BCUT2D eigenvalue weighted by Crippen LogP contribution is -2.12. The van der Waals surface area contributed by atoms with Crippen molar-refractivity contribution in [3.8, 4) is 17.2 Å². The van der Waals surface area contributed by atoms with E-state index in [9.17, 15) is 81.2 Å². The molecule has 18 N–H and O–H groups in total. The molecule has 7 rings (SSSR count). The van der Waals surface area contributed by atoms with E-state index in [1.54, 1.807) is 24.3 Å². The van der Waals surface area contributed by atoms with Crippen LogP contribution in [-0.2, 0) is 55.0 Å². The number of rotatable bonds is 16. The molecule has 0 fully saturated rings. The first-order valence-corrected chi connectivity index (χ1v) is 29.0. The van der Waals surface area contributed by atoms with Crippen LogP contribution in [0.15, 0.2) is 160 Å². The fourth-order valence-corrected chi connectivity index (χ4v) is 10.4. The van der Waals surface area contributed by atoms with Gasteiger partial charge in [-0.3, -0.25) is 33.0 Å². The number of phenolic OH excluding ortho intramolecular Hbond substituents is 3. The lowest BCUT2D eigenvalue weighted by Gasteiger charge is -2.14. The Morgan fingerprint density at radius 1 is 0.582 bits per heavy atom. The van der Waals surface area contributed by atoms with E-state index in [0.29, 0.717) is 34.9 Å². The molecule has 0 amide bonds. The Hall–Kier alpha value is -8.50. The number of nitro groups is 1. The molecule has 79 heavy (non-hydrogen) atoms. The Morgan fingerprint density at radius 2 is 1.13 bits per heavy atom. The number of benzene rings is 7. The average Bonchev–Trinajstić information content (AvgIpc) is 3.50. The van der Waals surface area contributed by atoms with E-state index in [1.807, 2.05) is 0 Å². The summed E-state index contributed by atoms with van der Waals surface area (Å²) in [7, 11) is -23.5. The molecule has 0 aromatic heterocycles. The van der Waals surface area contributed by atoms with Crippen LogP contribution in [-0.4, -0.2) is 92.9 Å². The van der Waals surface area contributed by atoms with Gasteiger partial charge in [-0.1, -0.05) is 0 Å². The second kappa shape index (κ2) is 24.4. The Morgan fingerprint density at radius 3 is 1.67 bits per heavy atom. The van der Waals surface area contributed by atoms with E-state index >= 15 is 0 Å². The predicted octanol–water partition coefficient (Wildman–Crippen LogP) is 6.43. The predicted molar refractivity (Wildman–Crippen MR) is 287 cm³/mol. The molecule has 0 bridgehead atoms. The summed E-state index contributed by atoms with van der Waals surface area (Å²) in [4.78, 5) is 7.34. The lowest BCUT2D eigenvalue weighted by molar-refractivity contribution is -0.384. The molecular formula is C42H41N11O20S6. The van der Waals surface area contributed by atoms with Crippen LogP contribution >= 0.6 is 11.8 Å². The maximum absolute atomic E-state index is 12.1. The normalized spacial score (nSPS) is 12.2. The van der Waals surface area contributed by atoms with Crippen LogP contribution in [0.25, 0.3) is 10.8 Å². The van der Waals surface area contributed by atoms with Crippen molar-refractivity contribution in [1.82, 2.24) is 0 Å². The summed E-state index contributed by atoms with van der Waals surface area (Å²) in [6, 6.07) is 24.8. The van der Waals surface area contributed by atoms with Crippen LogP contribution in [0.4, 0.5) is 62.6 Å². The van der Waals surface area contributed by atoms with E-state index in [0.717, 1.165) is 23.9 Å². The van der Waals surface area contributed by atoms with Crippen molar-refractivity contribution < 1.29 is 84.7 Å². The molecule has 31 nitrogen and oxygen atoms in total. The zero-order valence-corrected chi connectivity index (χ0v) is 44.3. The number of nitrogens with zero attached hydrogens (tertiary/aromatic N) is 5. The van der Waals surface area contributed by atoms with Gasteiger partial charge in [0.05, 0.1) is 44.6 Å². The molecule has 420 valence electrons. The summed E-state index contributed by atoms with van der Waals surface area (Å²) in [5.74, 6) is -1.76. The van der Waals surface area contributed by atoms with Crippen LogP contribution in [0, 0.1) is 10.1 Å². The number of nitrogens with two attached hydrogens (primary N) is 5. The highest BCUT2D eigenvalue weighted by Crippen LogP contribution is 2.46. The van der Waals surface area contributed by atoms with Gasteiger partial charge in [-0.05, 0) is 109 Å². The molecule has 0 heterocycles. The highest BCUT2D eigenvalue weighted by atomic mass is 32.3. The standard InChI is InChI=1S/C18H18N4O14S5.C12H10N4O4.C12H13N3O2S/c19-15-12(39(27,28)29)5-8-6-13(40(30,31)32)17(16(20)14(8)18(15)23)22-21-10-2-1-9(7-11(10)38(24,25)26)37-4-3-36-41(33,34)35;13-9-5-6-10(17)11(12(9)18)15-14-7-1-3-8(4-2-7)16(19)20;13-9-1-5-11(6-2-9)15-18(16,17)12-7-3-10(14)4-8-12/h1-2,5-7,23H,3-4,19-20H2,(H,24,25,26)(H,27,28,29)(H,30,31,32)(H,33,34,35);1-6,17-18H,13H2;1-8,15H,13-14H2. The molecule has 0 spiro atoms. The number of sulfonamides is 1. The minimum Gasteiger partial charge on any atom is -0.505 e. The largest absolute Gasteiger partial charge is 0.505 e. The molecule has 0 aliphatic rings. The highest BCUT2D eigenvalue weighted by molar-refractivity contribution is 7.99. The van der Waals surface area contributed by atoms with Crippen molar-refractivity contribution in [3.63, 3.8) is 0 Å². The smallest absolute Gasteiger partial charge is 0.397 e. The summed E-state index contributed by atoms with van der Waals surface area (Å²) >= 11 is 0.849. The number of hydrogen-bond donors (Lipinski definition) is 13. The van der Waals surface area contributed by atoms with E-state index in [-0.39, 0.29) is 44.1 Å². The van der Waals surface area contributed by atoms with Gasteiger partial charge in [-0.25, -0.2) is 12.6 Å². The quantitative estimate of drug-likeness (QED) is 0.00570. The van der Waals surface area contributed by atoms with Gasteiger partial charge in [-0.2, -0.15) is 38.8 Å². The van der Waals surface area contributed by atoms with Gasteiger partial charge in [0, 0.05) is 39.8 Å². The molecule has 0 aliphatic carbocycles. The third kappa shape index (κ3) is 16.5. The molecule has 0 atom stereocenters. The molecule has 0 radical (unpaired) electrons. The third-order valence-electron chi connectivity index (χ3n) is 9.82. The van der Waals surface area contributed by atoms with Crippen LogP contribution in [0.2, 0.25) is 0 Å². The van der Waals surface area contributed by atoms with E-state index in [4.69, 9.17) is 33.2 Å². The number of anilines is 6. The van der Waals surface area contributed by atoms with Gasteiger partial charge in [0.25, 0.3) is 46.1 Å². The average molecular weight is 1210 g/mol. The second-order valence-electron chi connectivity index (χ2n) is 15.4. The van der Waals surface area contributed by atoms with Crippen LogP contribution in [0.1, 0.15) is 0 Å². The first-order chi connectivity index (χ1) is 36.6. The van der Waals surface area contributed by atoms with E-state index < -0.39 is 116 Å². The number of thioether (sulfide) groups is 1. The first-order valence-electron chi connectivity index (χ1n) is 20.9. The zero-order valence-electron chi connectivity index (χ0n) is 39.4. The number of nitrogens with one attached hydrogen (secondary N) is 1. The fraction of sp³-hybridized carbons (Fsp3) is 0.0476. The summed E-state index contributed by atoms with van der Waals surface area (Å²) < 4.78 is 161. The number of azo groups is 2. The number of aromatic hydroxyl groups is 3. The van der Waals surface area contributed by atoms with E-state index in [2.05, 4.69) is 29.4 Å². The summed E-state index contributed by atoms with van der Waals surface area (Å²) in [6.07, 6.45) is 0. The minimum atomic E-state index is -5.19. The number of nitro benzene ring substituents is 1. The Kier molecular flexibility index (Phi) is 19.0.